The van der Waals surface area contributed by atoms with E-state index in [0.29, 0.717) is 0 Å². The first kappa shape index (κ1) is 17.6. The molecule has 2 N–H and O–H groups in total. The van der Waals surface area contributed by atoms with Gasteiger partial charge in [-0.1, -0.05) is 29.8 Å². The zero-order chi connectivity index (χ0) is 18.4. The first-order valence-corrected chi connectivity index (χ1v) is 8.30. The lowest BCUT2D eigenvalue weighted by Crippen LogP contribution is -2.58. The van der Waals surface area contributed by atoms with E-state index in [1.807, 2.05) is 31.2 Å². The number of amides is 2. The maximum absolute atomic E-state index is 12.8. The fourth-order valence-electron chi connectivity index (χ4n) is 4.01. The Morgan fingerprint density at radius 3 is 2.44 bits per heavy atom. The van der Waals surface area contributed by atoms with Gasteiger partial charge in [-0.2, -0.15) is 0 Å². The Kier molecular flexibility index (Phi) is 4.38. The van der Waals surface area contributed by atoms with E-state index in [1.54, 1.807) is 6.92 Å². The third-order valence-corrected chi connectivity index (χ3v) is 5.30. The number of aryl methyl sites for hydroxylation is 1. The molecule has 1 aromatic carbocycles. The maximum Gasteiger partial charge on any atom is 0.329 e. The van der Waals surface area contributed by atoms with Crippen LogP contribution in [0.4, 0.5) is 0 Å². The van der Waals surface area contributed by atoms with Crippen molar-refractivity contribution >= 4 is 17.8 Å². The van der Waals surface area contributed by atoms with Crippen LogP contribution in [0, 0.1) is 18.8 Å². The largest absolute Gasteiger partial charge is 0.468 e. The number of aliphatic hydroxyl groups is 1. The number of hydrogen-bond acceptors (Lipinski definition) is 6. The van der Waals surface area contributed by atoms with E-state index in [4.69, 9.17) is 4.74 Å². The number of aliphatic hydroxyl groups excluding tert-OH is 1. The minimum Gasteiger partial charge on any atom is -0.468 e. The van der Waals surface area contributed by atoms with E-state index < -0.39 is 41.9 Å². The highest BCUT2D eigenvalue weighted by atomic mass is 16.5. The molecule has 0 aromatic heterocycles. The number of methoxy groups -OCH3 is 1. The predicted molar refractivity (Wildman–Crippen MR) is 88.3 cm³/mol. The third kappa shape index (κ3) is 2.38. The maximum atomic E-state index is 12.8. The van der Waals surface area contributed by atoms with Gasteiger partial charge < -0.3 is 9.84 Å². The number of esters is 1. The number of carbonyl (C=O) groups is 3. The van der Waals surface area contributed by atoms with Crippen molar-refractivity contribution in [3.05, 3.63) is 35.4 Å². The van der Waals surface area contributed by atoms with Crippen LogP contribution in [0.25, 0.3) is 0 Å². The number of hydrogen-bond donors (Lipinski definition) is 2. The number of likely N-dealkylation sites (tertiary alicyclic amines) is 1. The molecule has 0 saturated carbocycles. The average molecular weight is 346 g/mol. The Hall–Kier alpha value is -2.25. The minimum atomic E-state index is -1.62. The Balaban J connectivity index is 2.13. The van der Waals surface area contributed by atoms with Crippen molar-refractivity contribution in [3.8, 4) is 0 Å². The van der Waals surface area contributed by atoms with Crippen molar-refractivity contribution in [1.29, 1.82) is 0 Å². The molecule has 2 aliphatic heterocycles. The number of fused-ring (bicyclic) bond motifs is 1. The van der Waals surface area contributed by atoms with Gasteiger partial charge in [0.1, 0.15) is 0 Å². The molecule has 3 rings (SSSR count). The molecule has 7 heteroatoms. The Morgan fingerprint density at radius 1 is 1.28 bits per heavy atom. The second-order valence-electron chi connectivity index (χ2n) is 6.58. The topological polar surface area (TPSA) is 95.9 Å². The van der Waals surface area contributed by atoms with Crippen LogP contribution in [0.5, 0.6) is 0 Å². The van der Waals surface area contributed by atoms with Crippen LogP contribution in [-0.4, -0.2) is 53.6 Å². The van der Waals surface area contributed by atoms with Crippen LogP contribution < -0.4 is 5.32 Å². The summed E-state index contributed by atoms with van der Waals surface area (Å²) < 4.78 is 4.85. The van der Waals surface area contributed by atoms with E-state index in [-0.39, 0.29) is 12.5 Å². The lowest BCUT2D eigenvalue weighted by Gasteiger charge is -2.30. The summed E-state index contributed by atoms with van der Waals surface area (Å²) in [6, 6.07) is 6.98. The Bertz CT molecular complexity index is 717. The molecule has 0 unspecified atom stereocenters. The number of benzene rings is 1. The summed E-state index contributed by atoms with van der Waals surface area (Å²) in [7, 11) is 1.20. The number of nitrogens with zero attached hydrogens (tertiary/aromatic N) is 1. The lowest BCUT2D eigenvalue weighted by molar-refractivity contribution is -0.156. The molecular weight excluding hydrogens is 324 g/mol. The summed E-state index contributed by atoms with van der Waals surface area (Å²) in [5.41, 5.74) is 0.230. The van der Waals surface area contributed by atoms with Gasteiger partial charge in [-0.15, -0.1) is 0 Å². The predicted octanol–water partition coefficient (Wildman–Crippen LogP) is 0.165. The molecule has 1 aromatic rings. The van der Waals surface area contributed by atoms with Crippen LogP contribution in [0.15, 0.2) is 24.3 Å². The molecule has 2 fully saturated rings. The molecule has 0 spiro atoms. The van der Waals surface area contributed by atoms with Gasteiger partial charge >= 0.3 is 5.97 Å². The first-order valence-electron chi connectivity index (χ1n) is 8.30. The fraction of sp³-hybridized carbons (Fsp3) is 0.500. The number of ether oxygens (including phenoxy) is 1. The summed E-state index contributed by atoms with van der Waals surface area (Å²) in [5, 5.41) is 13.0. The van der Waals surface area contributed by atoms with Crippen LogP contribution >= 0.6 is 0 Å². The minimum absolute atomic E-state index is 0.230. The van der Waals surface area contributed by atoms with E-state index in [1.165, 1.54) is 7.11 Å². The van der Waals surface area contributed by atoms with E-state index >= 15 is 0 Å². The quantitative estimate of drug-likeness (QED) is 0.596. The number of carbonyl (C=O) groups excluding carboxylic acids is 3. The average Bonchev–Trinajstić information content (AvgIpc) is 3.10. The normalized spacial score (nSPS) is 31.4. The third-order valence-electron chi connectivity index (χ3n) is 5.30. The van der Waals surface area contributed by atoms with Crippen LogP contribution in [0.2, 0.25) is 0 Å². The molecule has 4 atom stereocenters. The van der Waals surface area contributed by atoms with Gasteiger partial charge in [-0.05, 0) is 19.4 Å². The molecule has 0 aliphatic carbocycles. The standard InChI is InChI=1S/C18H22N2O5/c1-4-20-15(22)12-13(16(20)23)18(9-21,17(24)25-3)19-14(12)11-7-5-10(2)6-8-11/h5-8,12-14,19,21H,4,9H2,1-3H3/t12-,13+,14-,18-/m1/s1. The molecule has 2 aliphatic rings. The zero-order valence-electron chi connectivity index (χ0n) is 14.5. The molecule has 2 saturated heterocycles. The van der Waals surface area contributed by atoms with Crippen molar-refractivity contribution in [2.45, 2.75) is 25.4 Å². The number of rotatable bonds is 4. The molecule has 2 amide bonds. The van der Waals surface area contributed by atoms with Gasteiger partial charge in [0.15, 0.2) is 5.54 Å². The highest BCUT2D eigenvalue weighted by Gasteiger charge is 2.68. The van der Waals surface area contributed by atoms with E-state index in [9.17, 15) is 19.5 Å². The van der Waals surface area contributed by atoms with Crippen molar-refractivity contribution in [2.24, 2.45) is 11.8 Å². The Morgan fingerprint density at radius 2 is 1.92 bits per heavy atom. The summed E-state index contributed by atoms with van der Waals surface area (Å²) in [5.74, 6) is -3.24. The molecule has 25 heavy (non-hydrogen) atoms. The Labute approximate surface area is 146 Å². The smallest absolute Gasteiger partial charge is 0.329 e. The highest BCUT2D eigenvalue weighted by Crippen LogP contribution is 2.48. The molecule has 2 heterocycles. The van der Waals surface area contributed by atoms with Gasteiger partial charge in [-0.3, -0.25) is 19.8 Å². The second-order valence-corrected chi connectivity index (χ2v) is 6.58. The van der Waals surface area contributed by atoms with Gasteiger partial charge in [0.25, 0.3) is 0 Å². The summed E-state index contributed by atoms with van der Waals surface area (Å²) in [4.78, 5) is 39.2. The van der Waals surface area contributed by atoms with Gasteiger partial charge in [0.05, 0.1) is 25.6 Å². The molecule has 0 bridgehead atoms. The van der Waals surface area contributed by atoms with Crippen molar-refractivity contribution in [3.63, 3.8) is 0 Å². The monoisotopic (exact) mass is 346 g/mol. The number of imide groups is 1. The summed E-state index contributed by atoms with van der Waals surface area (Å²) >= 11 is 0. The SMILES string of the molecule is CCN1C(=O)[C@H]2[C@@H](c3ccc(C)cc3)N[C@@](CO)(C(=O)OC)[C@@H]2C1=O. The number of nitrogens with one attached hydrogen (secondary N) is 1. The van der Waals surface area contributed by atoms with Crippen LogP contribution in [0.1, 0.15) is 24.1 Å². The van der Waals surface area contributed by atoms with Crippen molar-refractivity contribution in [1.82, 2.24) is 10.2 Å². The van der Waals surface area contributed by atoms with Crippen LogP contribution in [0.3, 0.4) is 0 Å². The zero-order valence-corrected chi connectivity index (χ0v) is 14.5. The molecule has 7 nitrogen and oxygen atoms in total. The van der Waals surface area contributed by atoms with Gasteiger partial charge in [0, 0.05) is 12.6 Å². The first-order chi connectivity index (χ1) is 11.9. The molecule has 134 valence electrons. The fourth-order valence-corrected chi connectivity index (χ4v) is 4.01. The lowest BCUT2D eigenvalue weighted by atomic mass is 9.79. The molecular formula is C18H22N2O5. The van der Waals surface area contributed by atoms with Gasteiger partial charge in [0.2, 0.25) is 11.8 Å². The van der Waals surface area contributed by atoms with E-state index in [0.717, 1.165) is 16.0 Å². The van der Waals surface area contributed by atoms with Crippen molar-refractivity contribution in [2.75, 3.05) is 20.3 Å². The summed E-state index contributed by atoms with van der Waals surface area (Å²) in [6.45, 7) is 3.27. The second kappa shape index (κ2) is 6.24. The van der Waals surface area contributed by atoms with E-state index in [2.05, 4.69) is 5.32 Å². The summed E-state index contributed by atoms with van der Waals surface area (Å²) in [6.07, 6.45) is 0. The van der Waals surface area contributed by atoms with Crippen LogP contribution in [-0.2, 0) is 19.1 Å². The molecule has 0 radical (unpaired) electrons. The van der Waals surface area contributed by atoms with Gasteiger partial charge in [-0.25, -0.2) is 4.79 Å². The highest BCUT2D eigenvalue weighted by molar-refractivity contribution is 6.09. The van der Waals surface area contributed by atoms with Crippen molar-refractivity contribution < 1.29 is 24.2 Å².